The number of aliphatic hydroxyl groups excluding tert-OH is 1. The van der Waals surface area contributed by atoms with E-state index in [4.69, 9.17) is 0 Å². The Labute approximate surface area is 104 Å². The fraction of sp³-hybridized carbons (Fsp3) is 1.00. The molecule has 2 heterocycles. The van der Waals surface area contributed by atoms with Gasteiger partial charge in [-0.2, -0.15) is 4.31 Å². The summed E-state index contributed by atoms with van der Waals surface area (Å²) in [5.74, 6) is 0.672. The van der Waals surface area contributed by atoms with Crippen molar-refractivity contribution in [3.05, 3.63) is 0 Å². The molecule has 2 fully saturated rings. The minimum atomic E-state index is -3.12. The van der Waals surface area contributed by atoms with Crippen LogP contribution in [-0.4, -0.2) is 41.8 Å². The van der Waals surface area contributed by atoms with Gasteiger partial charge < -0.3 is 5.11 Å². The Hall–Kier alpha value is -0.130. The first-order valence-electron chi connectivity index (χ1n) is 6.59. The standard InChI is InChI=1S/C12H23NO3S/c1-9(2)5-6-17(15,16)13-10-3-4-11(13)8-12(14)7-10/h9-12,14H,3-8H2,1-2H3. The van der Waals surface area contributed by atoms with Crippen LogP contribution in [0.1, 0.15) is 46.0 Å². The van der Waals surface area contributed by atoms with Crippen LogP contribution in [0.4, 0.5) is 0 Å². The minimum absolute atomic E-state index is 0.0564. The maximum Gasteiger partial charge on any atom is 0.214 e. The Morgan fingerprint density at radius 2 is 1.76 bits per heavy atom. The second-order valence-corrected chi connectivity index (χ2v) is 7.83. The highest BCUT2D eigenvalue weighted by Crippen LogP contribution is 2.38. The molecule has 0 spiro atoms. The van der Waals surface area contributed by atoms with Gasteiger partial charge in [0.15, 0.2) is 0 Å². The molecule has 2 bridgehead atoms. The van der Waals surface area contributed by atoms with Crippen LogP contribution < -0.4 is 0 Å². The largest absolute Gasteiger partial charge is 0.393 e. The van der Waals surface area contributed by atoms with E-state index in [0.717, 1.165) is 19.3 Å². The van der Waals surface area contributed by atoms with Gasteiger partial charge in [0.05, 0.1) is 11.9 Å². The van der Waals surface area contributed by atoms with Gasteiger partial charge in [-0.1, -0.05) is 13.8 Å². The second-order valence-electron chi connectivity index (χ2n) is 5.84. The first kappa shape index (κ1) is 13.3. The highest BCUT2D eigenvalue weighted by atomic mass is 32.2. The number of rotatable bonds is 4. The highest BCUT2D eigenvalue weighted by molar-refractivity contribution is 7.89. The highest BCUT2D eigenvalue weighted by Gasteiger charge is 2.45. The lowest BCUT2D eigenvalue weighted by Crippen LogP contribution is -2.48. The van der Waals surface area contributed by atoms with Crippen molar-refractivity contribution in [3.63, 3.8) is 0 Å². The second kappa shape index (κ2) is 4.86. The molecular formula is C12H23NO3S. The van der Waals surface area contributed by atoms with E-state index in [9.17, 15) is 13.5 Å². The monoisotopic (exact) mass is 261 g/mol. The molecule has 2 rings (SSSR count). The molecule has 0 radical (unpaired) electrons. The molecule has 0 aromatic rings. The number of hydrogen-bond acceptors (Lipinski definition) is 3. The van der Waals surface area contributed by atoms with Gasteiger partial charge in [-0.3, -0.25) is 0 Å². The first-order chi connectivity index (χ1) is 7.90. The molecule has 2 saturated heterocycles. The molecule has 1 N–H and O–H groups in total. The third-order valence-corrected chi connectivity index (χ3v) is 5.91. The van der Waals surface area contributed by atoms with Gasteiger partial charge in [0.2, 0.25) is 10.0 Å². The lowest BCUT2D eigenvalue weighted by Gasteiger charge is -2.36. The fourth-order valence-corrected chi connectivity index (χ4v) is 5.32. The van der Waals surface area contributed by atoms with Crippen molar-refractivity contribution < 1.29 is 13.5 Å². The summed E-state index contributed by atoms with van der Waals surface area (Å²) in [5.41, 5.74) is 0. The number of nitrogens with zero attached hydrogens (tertiary/aromatic N) is 1. The summed E-state index contributed by atoms with van der Waals surface area (Å²) in [4.78, 5) is 0. The molecule has 0 aliphatic carbocycles. The summed E-state index contributed by atoms with van der Waals surface area (Å²) >= 11 is 0. The molecule has 4 nitrogen and oxygen atoms in total. The summed E-state index contributed by atoms with van der Waals surface area (Å²) in [6, 6.07) is 0.113. The van der Waals surface area contributed by atoms with Crippen LogP contribution in [0.25, 0.3) is 0 Å². The van der Waals surface area contributed by atoms with Gasteiger partial charge in [-0.15, -0.1) is 0 Å². The molecule has 0 aromatic heterocycles. The van der Waals surface area contributed by atoms with Crippen molar-refractivity contribution in [2.24, 2.45) is 5.92 Å². The smallest absolute Gasteiger partial charge is 0.214 e. The van der Waals surface area contributed by atoms with Gasteiger partial charge in [-0.05, 0) is 38.0 Å². The Morgan fingerprint density at radius 3 is 2.24 bits per heavy atom. The maximum atomic E-state index is 12.3. The van der Waals surface area contributed by atoms with Gasteiger partial charge in [0.1, 0.15) is 0 Å². The molecule has 2 aliphatic rings. The van der Waals surface area contributed by atoms with Gasteiger partial charge in [0.25, 0.3) is 0 Å². The van der Waals surface area contributed by atoms with Crippen LogP contribution in [0.2, 0.25) is 0 Å². The normalized spacial score (nSPS) is 34.5. The van der Waals surface area contributed by atoms with Crippen molar-refractivity contribution in [3.8, 4) is 0 Å². The summed E-state index contributed by atoms with van der Waals surface area (Å²) in [7, 11) is -3.12. The Kier molecular flexibility index (Phi) is 3.80. The van der Waals surface area contributed by atoms with Crippen molar-refractivity contribution in [1.29, 1.82) is 0 Å². The summed E-state index contributed by atoms with van der Waals surface area (Å²) in [6.07, 6.45) is 3.50. The van der Waals surface area contributed by atoms with Crippen LogP contribution in [0, 0.1) is 5.92 Å². The molecular weight excluding hydrogens is 238 g/mol. The van der Waals surface area contributed by atoms with Crippen LogP contribution in [-0.2, 0) is 10.0 Å². The number of fused-ring (bicyclic) bond motifs is 2. The Morgan fingerprint density at radius 1 is 1.24 bits per heavy atom. The number of hydrogen-bond donors (Lipinski definition) is 1. The van der Waals surface area contributed by atoms with Crippen LogP contribution in [0.15, 0.2) is 0 Å². The molecule has 2 unspecified atom stereocenters. The topological polar surface area (TPSA) is 57.6 Å². The fourth-order valence-electron chi connectivity index (χ4n) is 3.05. The molecule has 0 aromatic carbocycles. The zero-order valence-electron chi connectivity index (χ0n) is 10.7. The third kappa shape index (κ3) is 2.83. The molecule has 17 heavy (non-hydrogen) atoms. The predicted molar refractivity (Wildman–Crippen MR) is 67.1 cm³/mol. The van der Waals surface area contributed by atoms with Gasteiger partial charge in [-0.25, -0.2) is 8.42 Å². The minimum Gasteiger partial charge on any atom is -0.393 e. The number of aliphatic hydroxyl groups is 1. The van der Waals surface area contributed by atoms with Gasteiger partial charge >= 0.3 is 0 Å². The quantitative estimate of drug-likeness (QED) is 0.831. The van der Waals surface area contributed by atoms with Crippen molar-refractivity contribution >= 4 is 10.0 Å². The molecule has 100 valence electrons. The predicted octanol–water partition coefficient (Wildman–Crippen LogP) is 1.35. The van der Waals surface area contributed by atoms with Crippen molar-refractivity contribution in [2.45, 2.75) is 64.1 Å². The van der Waals surface area contributed by atoms with Crippen molar-refractivity contribution in [2.75, 3.05) is 5.75 Å². The maximum absolute atomic E-state index is 12.3. The summed E-state index contributed by atoms with van der Waals surface area (Å²) < 4.78 is 26.3. The van der Waals surface area contributed by atoms with Crippen molar-refractivity contribution in [1.82, 2.24) is 4.31 Å². The Bertz CT molecular complexity index is 352. The lowest BCUT2D eigenvalue weighted by molar-refractivity contribution is 0.0768. The molecule has 2 atom stereocenters. The van der Waals surface area contributed by atoms with Gasteiger partial charge in [0, 0.05) is 12.1 Å². The number of piperidine rings is 1. The molecule has 0 amide bonds. The van der Waals surface area contributed by atoms with E-state index in [1.807, 2.05) is 13.8 Å². The van der Waals surface area contributed by atoms with E-state index >= 15 is 0 Å². The first-order valence-corrected chi connectivity index (χ1v) is 8.20. The van der Waals surface area contributed by atoms with E-state index in [1.54, 1.807) is 4.31 Å². The average molecular weight is 261 g/mol. The van der Waals surface area contributed by atoms with Crippen LogP contribution in [0.3, 0.4) is 0 Å². The average Bonchev–Trinajstić information content (AvgIpc) is 2.50. The summed E-state index contributed by atoms with van der Waals surface area (Å²) in [5, 5.41) is 9.67. The third-order valence-electron chi connectivity index (χ3n) is 3.92. The van der Waals surface area contributed by atoms with E-state index in [2.05, 4.69) is 0 Å². The van der Waals surface area contributed by atoms with E-state index < -0.39 is 10.0 Å². The van der Waals surface area contributed by atoms with Crippen LogP contribution in [0.5, 0.6) is 0 Å². The number of sulfonamides is 1. The Balaban J connectivity index is 2.07. The zero-order chi connectivity index (χ0) is 12.6. The van der Waals surface area contributed by atoms with E-state index in [0.29, 0.717) is 18.8 Å². The molecule has 2 aliphatic heterocycles. The van der Waals surface area contributed by atoms with E-state index in [-0.39, 0.29) is 23.9 Å². The molecule has 0 saturated carbocycles. The van der Waals surface area contributed by atoms with Crippen LogP contribution >= 0.6 is 0 Å². The zero-order valence-corrected chi connectivity index (χ0v) is 11.5. The van der Waals surface area contributed by atoms with E-state index in [1.165, 1.54) is 0 Å². The SMILES string of the molecule is CC(C)CCS(=O)(=O)N1C2CCC1CC(O)C2. The lowest BCUT2D eigenvalue weighted by atomic mass is 10.0. The summed E-state index contributed by atoms with van der Waals surface area (Å²) in [6.45, 7) is 4.09. The molecule has 5 heteroatoms.